The van der Waals surface area contributed by atoms with Gasteiger partial charge in [0.15, 0.2) is 0 Å². The molecule has 2 fully saturated rings. The van der Waals surface area contributed by atoms with Crippen LogP contribution in [-0.2, 0) is 0 Å². The quantitative estimate of drug-likeness (QED) is 0.226. The van der Waals surface area contributed by atoms with Gasteiger partial charge in [-0.1, -0.05) is 116 Å². The van der Waals surface area contributed by atoms with Gasteiger partial charge in [-0.15, -0.1) is 9.24 Å². The summed E-state index contributed by atoms with van der Waals surface area (Å²) < 4.78 is 0. The summed E-state index contributed by atoms with van der Waals surface area (Å²) in [4.78, 5) is 0. The molecule has 0 aliphatic heterocycles. The molecule has 0 nitrogen and oxygen atoms in total. The Morgan fingerprint density at radius 1 is 0.520 bits per heavy atom. The van der Waals surface area contributed by atoms with Crippen LogP contribution in [0.5, 0.6) is 0 Å². The van der Waals surface area contributed by atoms with Crippen molar-refractivity contribution in [2.24, 2.45) is 17.8 Å². The van der Waals surface area contributed by atoms with Crippen LogP contribution in [0.2, 0.25) is 0 Å². The van der Waals surface area contributed by atoms with Crippen molar-refractivity contribution in [3.05, 3.63) is 0 Å². The zero-order chi connectivity index (χ0) is 17.6. The first-order chi connectivity index (χ1) is 12.4. The van der Waals surface area contributed by atoms with E-state index < -0.39 is 0 Å². The van der Waals surface area contributed by atoms with Crippen LogP contribution < -0.4 is 0 Å². The minimum absolute atomic E-state index is 1.10. The Hall–Kier alpha value is 0.430. The molecular weight excluding hydrogens is 319 g/mol. The molecule has 0 N–H and O–H groups in total. The molecule has 0 bridgehead atoms. The Morgan fingerprint density at radius 2 is 0.920 bits per heavy atom. The Bertz CT molecular complexity index is 270. The monoisotopic (exact) mass is 366 g/mol. The highest BCUT2D eigenvalue weighted by atomic mass is 31.0. The Balaban J connectivity index is 1.57. The van der Waals surface area contributed by atoms with Crippen molar-refractivity contribution in [2.75, 3.05) is 6.16 Å². The second-order valence-electron chi connectivity index (χ2n) is 9.22. The summed E-state index contributed by atoms with van der Waals surface area (Å²) in [6, 6.07) is 0. The lowest BCUT2D eigenvalue weighted by Gasteiger charge is -2.38. The normalized spacial score (nSPS) is 20.4. The third kappa shape index (κ3) is 9.26. The van der Waals surface area contributed by atoms with Gasteiger partial charge in [0.1, 0.15) is 0 Å². The molecule has 0 aromatic heterocycles. The van der Waals surface area contributed by atoms with Crippen LogP contribution in [0.3, 0.4) is 0 Å². The molecule has 0 aromatic rings. The van der Waals surface area contributed by atoms with E-state index in [1.807, 2.05) is 0 Å². The SMILES string of the molecule is PCCCCCCCCCCCC(C1CCCCC1)C1CCCCC1. The lowest BCUT2D eigenvalue weighted by Crippen LogP contribution is -2.27. The Morgan fingerprint density at radius 3 is 1.36 bits per heavy atom. The average molecular weight is 367 g/mol. The van der Waals surface area contributed by atoms with Crippen LogP contribution in [0.1, 0.15) is 128 Å². The summed E-state index contributed by atoms with van der Waals surface area (Å²) >= 11 is 0. The van der Waals surface area contributed by atoms with Crippen molar-refractivity contribution < 1.29 is 0 Å². The first-order valence-corrected chi connectivity index (χ1v) is 12.9. The van der Waals surface area contributed by atoms with Crippen molar-refractivity contribution in [2.45, 2.75) is 128 Å². The lowest BCUT2D eigenvalue weighted by molar-refractivity contribution is 0.131. The van der Waals surface area contributed by atoms with Crippen LogP contribution in [0, 0.1) is 17.8 Å². The van der Waals surface area contributed by atoms with Gasteiger partial charge in [0.2, 0.25) is 0 Å². The molecule has 0 heterocycles. The molecule has 0 aromatic carbocycles. The molecule has 0 amide bonds. The molecule has 2 saturated carbocycles. The molecule has 0 radical (unpaired) electrons. The smallest absolute Gasteiger partial charge is 0.0357 e. The predicted molar refractivity (Wildman–Crippen MR) is 117 cm³/mol. The van der Waals surface area contributed by atoms with Crippen LogP contribution in [0.15, 0.2) is 0 Å². The van der Waals surface area contributed by atoms with Crippen LogP contribution in [-0.4, -0.2) is 6.16 Å². The largest absolute Gasteiger partial charge is 0.138 e. The zero-order valence-corrected chi connectivity index (χ0v) is 18.3. The summed E-state index contributed by atoms with van der Waals surface area (Å²) in [5.41, 5.74) is 0. The fourth-order valence-corrected chi connectivity index (χ4v) is 6.03. The molecule has 148 valence electrons. The number of rotatable bonds is 13. The number of unbranched alkanes of at least 4 members (excludes halogenated alkanes) is 8. The van der Waals surface area contributed by atoms with E-state index in [1.54, 1.807) is 32.1 Å². The zero-order valence-electron chi connectivity index (χ0n) is 17.2. The van der Waals surface area contributed by atoms with Gasteiger partial charge in [-0.25, -0.2) is 0 Å². The first kappa shape index (κ1) is 21.7. The van der Waals surface area contributed by atoms with Crippen LogP contribution >= 0.6 is 9.24 Å². The minimum atomic E-state index is 1.10. The van der Waals surface area contributed by atoms with Crippen molar-refractivity contribution >= 4 is 9.24 Å². The topological polar surface area (TPSA) is 0 Å². The fourth-order valence-electron chi connectivity index (χ4n) is 5.74. The van der Waals surface area contributed by atoms with E-state index in [4.69, 9.17) is 0 Å². The third-order valence-corrected chi connectivity index (χ3v) is 7.66. The molecule has 1 heteroatoms. The second kappa shape index (κ2) is 14.5. The van der Waals surface area contributed by atoms with E-state index in [9.17, 15) is 0 Å². The minimum Gasteiger partial charge on any atom is -0.138 e. The molecule has 25 heavy (non-hydrogen) atoms. The molecule has 1 atom stereocenters. The van der Waals surface area contributed by atoms with Crippen LogP contribution in [0.4, 0.5) is 0 Å². The molecule has 0 spiro atoms. The van der Waals surface area contributed by atoms with E-state index in [-0.39, 0.29) is 0 Å². The third-order valence-electron chi connectivity index (χ3n) is 7.25. The van der Waals surface area contributed by atoms with E-state index in [2.05, 4.69) is 9.24 Å². The maximum absolute atomic E-state index is 2.85. The molecule has 1 unspecified atom stereocenters. The summed E-state index contributed by atoms with van der Waals surface area (Å²) in [6.07, 6.45) is 31.7. The molecule has 0 saturated heterocycles. The van der Waals surface area contributed by atoms with Crippen molar-refractivity contribution in [1.82, 2.24) is 0 Å². The standard InChI is InChI=1S/C24H47P/c25-21-15-7-5-3-1-2-4-6-14-20-24(22-16-10-8-11-17-22)23-18-12-9-13-19-23/h22-24H,1-21,25H2. The fraction of sp³-hybridized carbons (Fsp3) is 1.00. The number of hydrogen-bond acceptors (Lipinski definition) is 0. The van der Waals surface area contributed by atoms with Crippen molar-refractivity contribution in [3.63, 3.8) is 0 Å². The highest BCUT2D eigenvalue weighted by molar-refractivity contribution is 7.16. The van der Waals surface area contributed by atoms with Gasteiger partial charge < -0.3 is 0 Å². The molecular formula is C24H47P. The van der Waals surface area contributed by atoms with Gasteiger partial charge in [-0.2, -0.15) is 0 Å². The molecule has 2 aliphatic rings. The van der Waals surface area contributed by atoms with Gasteiger partial charge in [0.05, 0.1) is 0 Å². The van der Waals surface area contributed by atoms with Gasteiger partial charge in [-0.05, 0) is 36.8 Å². The van der Waals surface area contributed by atoms with Gasteiger partial charge >= 0.3 is 0 Å². The van der Waals surface area contributed by atoms with Gasteiger partial charge in [-0.3, -0.25) is 0 Å². The maximum Gasteiger partial charge on any atom is -0.0357 e. The molecule has 2 rings (SSSR count). The maximum atomic E-state index is 2.85. The van der Waals surface area contributed by atoms with Gasteiger partial charge in [0, 0.05) is 0 Å². The number of hydrogen-bond donors (Lipinski definition) is 0. The lowest BCUT2D eigenvalue weighted by atomic mass is 9.68. The van der Waals surface area contributed by atoms with Gasteiger partial charge in [0.25, 0.3) is 0 Å². The summed E-state index contributed by atoms with van der Waals surface area (Å²) in [6.45, 7) is 0. The summed E-state index contributed by atoms with van der Waals surface area (Å²) in [5, 5.41) is 0. The summed E-state index contributed by atoms with van der Waals surface area (Å²) in [7, 11) is 2.85. The second-order valence-corrected chi connectivity index (χ2v) is 9.80. The van der Waals surface area contributed by atoms with E-state index >= 15 is 0 Å². The Labute approximate surface area is 161 Å². The Kier molecular flexibility index (Phi) is 12.6. The predicted octanol–water partition coefficient (Wildman–Crippen LogP) is 8.54. The average Bonchev–Trinajstić information content (AvgIpc) is 2.67. The highest BCUT2D eigenvalue weighted by Crippen LogP contribution is 2.42. The van der Waals surface area contributed by atoms with Crippen molar-refractivity contribution in [1.29, 1.82) is 0 Å². The summed E-state index contributed by atoms with van der Waals surface area (Å²) in [5.74, 6) is 3.31. The molecule has 2 aliphatic carbocycles. The van der Waals surface area contributed by atoms with E-state index in [0.717, 1.165) is 17.8 Å². The first-order valence-electron chi connectivity index (χ1n) is 12.1. The van der Waals surface area contributed by atoms with E-state index in [1.165, 1.54) is 102 Å². The highest BCUT2D eigenvalue weighted by Gasteiger charge is 2.30. The van der Waals surface area contributed by atoms with E-state index in [0.29, 0.717) is 0 Å². The van der Waals surface area contributed by atoms with Crippen LogP contribution in [0.25, 0.3) is 0 Å². The van der Waals surface area contributed by atoms with Crippen molar-refractivity contribution in [3.8, 4) is 0 Å².